The largest absolute Gasteiger partial charge is 0.433 e. The third-order valence-electron chi connectivity index (χ3n) is 4.09. The molecule has 2 aromatic heterocycles. The Balaban J connectivity index is 1.73. The molecule has 0 aromatic carbocycles. The summed E-state index contributed by atoms with van der Waals surface area (Å²) < 4.78 is 11.7. The molecule has 0 radical (unpaired) electrons. The summed E-state index contributed by atoms with van der Waals surface area (Å²) in [6.45, 7) is 4.18. The van der Waals surface area contributed by atoms with Crippen LogP contribution in [0.2, 0.25) is 0 Å². The smallest absolute Gasteiger partial charge is 0.401 e. The Hall–Kier alpha value is -3.47. The molecule has 1 N–H and O–H groups in total. The zero-order chi connectivity index (χ0) is 20.1. The summed E-state index contributed by atoms with van der Waals surface area (Å²) in [6.07, 6.45) is 3.88. The lowest BCUT2D eigenvalue weighted by Crippen LogP contribution is -2.41. The molecule has 0 atom stereocenters. The van der Waals surface area contributed by atoms with Gasteiger partial charge in [-0.2, -0.15) is 5.10 Å². The average molecular weight is 389 g/mol. The first-order valence-corrected chi connectivity index (χ1v) is 8.65. The van der Waals surface area contributed by atoms with Gasteiger partial charge in [0.25, 0.3) is 5.91 Å². The highest BCUT2D eigenvalue weighted by molar-refractivity contribution is 6.06. The van der Waals surface area contributed by atoms with E-state index in [0.717, 1.165) is 6.08 Å². The molecular weight excluding hydrogens is 370 g/mol. The molecule has 0 unspecified atom stereocenters. The Bertz CT molecular complexity index is 909. The Kier molecular flexibility index (Phi) is 5.84. The molecule has 1 saturated heterocycles. The van der Waals surface area contributed by atoms with Crippen molar-refractivity contribution >= 4 is 29.5 Å². The van der Waals surface area contributed by atoms with Gasteiger partial charge in [0.2, 0.25) is 5.91 Å². The lowest BCUT2D eigenvalue weighted by Gasteiger charge is -2.27. The molecule has 0 aliphatic carbocycles. The van der Waals surface area contributed by atoms with Crippen molar-refractivity contribution in [3.8, 4) is 0 Å². The molecule has 1 fully saturated rings. The molecule has 1 aliphatic heterocycles. The number of hydrogen-bond acceptors (Lipinski definition) is 7. The van der Waals surface area contributed by atoms with E-state index in [9.17, 15) is 19.7 Å². The van der Waals surface area contributed by atoms with E-state index in [1.54, 1.807) is 4.90 Å². The van der Waals surface area contributed by atoms with Crippen molar-refractivity contribution in [3.05, 3.63) is 46.0 Å². The lowest BCUT2D eigenvalue weighted by molar-refractivity contribution is -0.402. The van der Waals surface area contributed by atoms with Crippen LogP contribution in [0.1, 0.15) is 23.2 Å². The first-order valence-electron chi connectivity index (χ1n) is 8.65. The minimum absolute atomic E-state index is 0.163. The summed E-state index contributed by atoms with van der Waals surface area (Å²) in [5.74, 6) is -1.01. The topological polar surface area (TPSA) is 133 Å². The van der Waals surface area contributed by atoms with Crippen LogP contribution >= 0.6 is 0 Å². The Morgan fingerprint density at radius 3 is 2.75 bits per heavy atom. The first kappa shape index (κ1) is 19.3. The molecule has 28 heavy (non-hydrogen) atoms. The molecule has 0 saturated carbocycles. The van der Waals surface area contributed by atoms with Gasteiger partial charge in [0, 0.05) is 25.7 Å². The van der Waals surface area contributed by atoms with Crippen LogP contribution in [0.5, 0.6) is 0 Å². The van der Waals surface area contributed by atoms with E-state index < -0.39 is 16.7 Å². The zero-order valence-corrected chi connectivity index (χ0v) is 15.2. The molecule has 11 nitrogen and oxygen atoms in total. The molecule has 2 aromatic rings. The maximum Gasteiger partial charge on any atom is 0.433 e. The molecule has 2 amide bonds. The average Bonchev–Trinajstić information content (AvgIpc) is 3.33. The van der Waals surface area contributed by atoms with Crippen molar-refractivity contribution in [2.24, 2.45) is 0 Å². The SMILES string of the molecule is CCn1ncc(NC(=O)/C=C/c2ccc([N+](=O)[O-])o2)c1C(=O)N1CCOCC1. The molecule has 148 valence electrons. The van der Waals surface area contributed by atoms with Crippen LogP contribution in [0.25, 0.3) is 6.08 Å². The minimum atomic E-state index is -0.667. The van der Waals surface area contributed by atoms with E-state index in [0.29, 0.717) is 44.2 Å². The van der Waals surface area contributed by atoms with Crippen LogP contribution in [0, 0.1) is 10.1 Å². The van der Waals surface area contributed by atoms with Crippen molar-refractivity contribution in [1.82, 2.24) is 14.7 Å². The number of nitro groups is 1. The Labute approximate surface area is 159 Å². The molecule has 11 heteroatoms. The van der Waals surface area contributed by atoms with Gasteiger partial charge in [0.1, 0.15) is 16.4 Å². The Morgan fingerprint density at radius 2 is 2.11 bits per heavy atom. The maximum atomic E-state index is 12.9. The number of carbonyl (C=O) groups is 2. The van der Waals surface area contributed by atoms with E-state index in [1.807, 2.05) is 6.92 Å². The number of furan rings is 1. The summed E-state index contributed by atoms with van der Waals surface area (Å²) in [6, 6.07) is 2.58. The van der Waals surface area contributed by atoms with Crippen LogP contribution < -0.4 is 5.32 Å². The van der Waals surface area contributed by atoms with Gasteiger partial charge in [-0.1, -0.05) is 0 Å². The number of carbonyl (C=O) groups excluding carboxylic acids is 2. The van der Waals surface area contributed by atoms with Gasteiger partial charge >= 0.3 is 5.88 Å². The van der Waals surface area contributed by atoms with Crippen molar-refractivity contribution in [2.45, 2.75) is 13.5 Å². The number of anilines is 1. The monoisotopic (exact) mass is 389 g/mol. The predicted octanol–water partition coefficient (Wildman–Crippen LogP) is 1.53. The number of amides is 2. The van der Waals surface area contributed by atoms with Gasteiger partial charge < -0.3 is 19.4 Å². The summed E-state index contributed by atoms with van der Waals surface area (Å²) in [7, 11) is 0. The predicted molar refractivity (Wildman–Crippen MR) is 97.6 cm³/mol. The highest BCUT2D eigenvalue weighted by atomic mass is 16.6. The first-order chi connectivity index (χ1) is 13.5. The fraction of sp³-hybridized carbons (Fsp3) is 0.353. The van der Waals surface area contributed by atoms with E-state index in [1.165, 1.54) is 29.1 Å². The number of nitrogens with one attached hydrogen (secondary N) is 1. The highest BCUT2D eigenvalue weighted by Gasteiger charge is 2.25. The lowest BCUT2D eigenvalue weighted by atomic mass is 10.2. The zero-order valence-electron chi connectivity index (χ0n) is 15.2. The van der Waals surface area contributed by atoms with Crippen molar-refractivity contribution < 1.29 is 23.7 Å². The number of nitrogens with zero attached hydrogens (tertiary/aromatic N) is 4. The maximum absolute atomic E-state index is 12.9. The van der Waals surface area contributed by atoms with Crippen LogP contribution in [0.3, 0.4) is 0 Å². The number of hydrogen-bond donors (Lipinski definition) is 1. The summed E-state index contributed by atoms with van der Waals surface area (Å²) in [4.78, 5) is 36.7. The third-order valence-corrected chi connectivity index (χ3v) is 4.09. The van der Waals surface area contributed by atoms with Crippen LogP contribution in [0.4, 0.5) is 11.6 Å². The molecule has 3 heterocycles. The third kappa shape index (κ3) is 4.26. The standard InChI is InChI=1S/C17H19N5O6/c1-2-21-16(17(24)20-7-9-27-10-8-20)13(11-18-21)19-14(23)5-3-12-4-6-15(28-12)22(25)26/h3-6,11H,2,7-10H2,1H3,(H,19,23)/b5-3+. The van der Waals surface area contributed by atoms with Crippen molar-refractivity contribution in [1.29, 1.82) is 0 Å². The fourth-order valence-electron chi connectivity index (χ4n) is 2.72. The van der Waals surface area contributed by atoms with Crippen LogP contribution in [-0.2, 0) is 16.1 Å². The fourth-order valence-corrected chi connectivity index (χ4v) is 2.72. The number of rotatable bonds is 6. The second-order valence-corrected chi connectivity index (χ2v) is 5.88. The van der Waals surface area contributed by atoms with Crippen LogP contribution in [-0.4, -0.2) is 57.7 Å². The molecular formula is C17H19N5O6. The summed E-state index contributed by atoms with van der Waals surface area (Å²) in [5.41, 5.74) is 0.582. The number of aromatic nitrogens is 2. The Morgan fingerprint density at radius 1 is 1.36 bits per heavy atom. The van der Waals surface area contributed by atoms with E-state index in [4.69, 9.17) is 9.15 Å². The van der Waals surface area contributed by atoms with Gasteiger partial charge in [-0.15, -0.1) is 0 Å². The summed E-state index contributed by atoms with van der Waals surface area (Å²) >= 11 is 0. The van der Waals surface area contributed by atoms with Crippen LogP contribution in [0.15, 0.2) is 28.8 Å². The van der Waals surface area contributed by atoms with Crippen molar-refractivity contribution in [3.63, 3.8) is 0 Å². The minimum Gasteiger partial charge on any atom is -0.401 e. The van der Waals surface area contributed by atoms with E-state index >= 15 is 0 Å². The molecule has 0 bridgehead atoms. The van der Waals surface area contributed by atoms with Gasteiger partial charge in [0.15, 0.2) is 0 Å². The van der Waals surface area contributed by atoms with Gasteiger partial charge in [0.05, 0.1) is 31.2 Å². The van der Waals surface area contributed by atoms with Gasteiger partial charge in [-0.25, -0.2) is 0 Å². The normalized spacial score (nSPS) is 14.4. The summed E-state index contributed by atoms with van der Waals surface area (Å²) in [5, 5.41) is 17.4. The molecule has 3 rings (SSSR count). The second kappa shape index (κ2) is 8.48. The number of aryl methyl sites for hydroxylation is 1. The van der Waals surface area contributed by atoms with E-state index in [2.05, 4.69) is 10.4 Å². The quantitative estimate of drug-likeness (QED) is 0.450. The molecule has 1 aliphatic rings. The molecule has 0 spiro atoms. The van der Waals surface area contributed by atoms with Gasteiger partial charge in [-0.05, 0) is 19.1 Å². The van der Waals surface area contributed by atoms with Gasteiger partial charge in [-0.3, -0.25) is 24.4 Å². The number of ether oxygens (including phenoxy) is 1. The van der Waals surface area contributed by atoms with E-state index in [-0.39, 0.29) is 11.7 Å². The number of morpholine rings is 1. The van der Waals surface area contributed by atoms with Crippen molar-refractivity contribution in [2.75, 3.05) is 31.6 Å². The second-order valence-electron chi connectivity index (χ2n) is 5.88. The highest BCUT2D eigenvalue weighted by Crippen LogP contribution is 2.19.